The third-order valence-electron chi connectivity index (χ3n) is 3.45. The van der Waals surface area contributed by atoms with Gasteiger partial charge in [0, 0.05) is 6.21 Å². The van der Waals surface area contributed by atoms with Gasteiger partial charge in [0.1, 0.15) is 0 Å². The van der Waals surface area contributed by atoms with E-state index in [1.807, 2.05) is 19.2 Å². The molecule has 3 nitrogen and oxygen atoms in total. The van der Waals surface area contributed by atoms with E-state index in [-0.39, 0.29) is 5.97 Å². The zero-order chi connectivity index (χ0) is 15.0. The molecule has 1 unspecified atom stereocenters. The molecule has 0 saturated carbocycles. The lowest BCUT2D eigenvalue weighted by atomic mass is 9.91. The predicted molar refractivity (Wildman–Crippen MR) is 83.7 cm³/mol. The molecule has 1 aliphatic rings. The minimum Gasteiger partial charge on any atom is -0.466 e. The van der Waals surface area contributed by atoms with E-state index in [2.05, 4.69) is 18.2 Å². The highest BCUT2D eigenvalue weighted by molar-refractivity contribution is 5.91. The number of hydrogen-bond donors (Lipinski definition) is 0. The van der Waals surface area contributed by atoms with Gasteiger partial charge in [-0.25, -0.2) is 4.79 Å². The van der Waals surface area contributed by atoms with Crippen molar-refractivity contribution in [2.45, 2.75) is 45.4 Å². The first-order valence-electron chi connectivity index (χ1n) is 7.18. The molecular weight excluding hydrogens is 250 g/mol. The van der Waals surface area contributed by atoms with Gasteiger partial charge in [0.15, 0.2) is 0 Å². The van der Waals surface area contributed by atoms with Crippen molar-refractivity contribution in [2.24, 2.45) is 10.9 Å². The number of rotatable bonds is 8. The minimum absolute atomic E-state index is 0.240. The fraction of sp³-hybridized carbons (Fsp3) is 0.529. The Morgan fingerprint density at radius 1 is 1.60 bits per heavy atom. The lowest BCUT2D eigenvalue weighted by Crippen LogP contribution is -2.17. The largest absolute Gasteiger partial charge is 0.466 e. The number of methoxy groups -OCH3 is 1. The van der Waals surface area contributed by atoms with Gasteiger partial charge in [-0.05, 0) is 51.4 Å². The summed E-state index contributed by atoms with van der Waals surface area (Å²) in [5.74, 6) is 0.0720. The molecule has 0 bridgehead atoms. The van der Waals surface area contributed by atoms with Crippen molar-refractivity contribution in [3.63, 3.8) is 0 Å². The van der Waals surface area contributed by atoms with E-state index >= 15 is 0 Å². The lowest BCUT2D eigenvalue weighted by Gasteiger charge is -2.20. The second-order valence-corrected chi connectivity index (χ2v) is 5.34. The third kappa shape index (κ3) is 5.16. The maximum Gasteiger partial charge on any atom is 0.335 e. The quantitative estimate of drug-likeness (QED) is 0.491. The fourth-order valence-corrected chi connectivity index (χ4v) is 2.31. The third-order valence-corrected chi connectivity index (χ3v) is 3.45. The Morgan fingerprint density at radius 3 is 2.95 bits per heavy atom. The van der Waals surface area contributed by atoms with Gasteiger partial charge in [0.2, 0.25) is 0 Å². The maximum atomic E-state index is 11.9. The molecule has 0 aromatic heterocycles. The van der Waals surface area contributed by atoms with Crippen molar-refractivity contribution in [3.8, 4) is 0 Å². The summed E-state index contributed by atoms with van der Waals surface area (Å²) < 4.78 is 4.89. The number of esters is 1. The number of ether oxygens (including phenoxy) is 1. The Hall–Kier alpha value is -1.64. The Morgan fingerprint density at radius 2 is 2.35 bits per heavy atom. The molecule has 20 heavy (non-hydrogen) atoms. The van der Waals surface area contributed by atoms with E-state index in [9.17, 15) is 4.79 Å². The second kappa shape index (κ2) is 8.51. The van der Waals surface area contributed by atoms with Crippen LogP contribution in [0.5, 0.6) is 0 Å². The molecule has 3 heteroatoms. The average molecular weight is 275 g/mol. The molecule has 1 rings (SSSR count). The molecule has 0 aliphatic carbocycles. The zero-order valence-electron chi connectivity index (χ0n) is 12.7. The molecule has 0 fully saturated rings. The molecule has 1 aliphatic heterocycles. The SMILES string of the molecule is C=CCCC1C=NC(CCCC(=C)C)=C(C(=O)OC)C1. The van der Waals surface area contributed by atoms with Crippen LogP contribution in [0.3, 0.4) is 0 Å². The van der Waals surface area contributed by atoms with E-state index in [1.54, 1.807) is 0 Å². The molecule has 0 aromatic rings. The van der Waals surface area contributed by atoms with Crippen LogP contribution in [0.15, 0.2) is 41.1 Å². The van der Waals surface area contributed by atoms with Gasteiger partial charge < -0.3 is 4.74 Å². The molecule has 0 aromatic carbocycles. The van der Waals surface area contributed by atoms with Crippen molar-refractivity contribution in [3.05, 3.63) is 36.1 Å². The molecule has 0 amide bonds. The molecule has 0 N–H and O–H groups in total. The summed E-state index contributed by atoms with van der Waals surface area (Å²) in [6.45, 7) is 9.65. The molecular formula is C17H25NO2. The van der Waals surface area contributed by atoms with Gasteiger partial charge in [0.25, 0.3) is 0 Å². The smallest absolute Gasteiger partial charge is 0.335 e. The summed E-state index contributed by atoms with van der Waals surface area (Å²) in [5.41, 5.74) is 2.78. The van der Waals surface area contributed by atoms with Crippen LogP contribution < -0.4 is 0 Å². The molecule has 1 atom stereocenters. The molecule has 0 spiro atoms. The number of carbonyl (C=O) groups is 1. The van der Waals surface area contributed by atoms with Crippen molar-refractivity contribution in [1.29, 1.82) is 0 Å². The summed E-state index contributed by atoms with van der Waals surface area (Å²) >= 11 is 0. The number of carbonyl (C=O) groups excluding carboxylic acids is 1. The molecule has 0 saturated heterocycles. The van der Waals surface area contributed by atoms with Crippen LogP contribution in [-0.2, 0) is 9.53 Å². The highest BCUT2D eigenvalue weighted by Gasteiger charge is 2.23. The second-order valence-electron chi connectivity index (χ2n) is 5.34. The van der Waals surface area contributed by atoms with Crippen molar-refractivity contribution < 1.29 is 9.53 Å². The number of aliphatic imine (C=N–C) groups is 1. The Kier molecular flexibility index (Phi) is 6.99. The van der Waals surface area contributed by atoms with Crippen LogP contribution in [0, 0.1) is 5.92 Å². The minimum atomic E-state index is -0.240. The van der Waals surface area contributed by atoms with Gasteiger partial charge in [-0.3, -0.25) is 4.99 Å². The summed E-state index contributed by atoms with van der Waals surface area (Å²) in [6.07, 6.45) is 9.27. The summed E-state index contributed by atoms with van der Waals surface area (Å²) in [4.78, 5) is 16.4. The number of allylic oxidation sites excluding steroid dienone is 3. The number of hydrogen-bond acceptors (Lipinski definition) is 3. The lowest BCUT2D eigenvalue weighted by molar-refractivity contribution is -0.136. The summed E-state index contributed by atoms with van der Waals surface area (Å²) in [7, 11) is 1.43. The van der Waals surface area contributed by atoms with Crippen LogP contribution >= 0.6 is 0 Å². The van der Waals surface area contributed by atoms with Crippen LogP contribution in [0.1, 0.15) is 45.4 Å². The Labute approximate surface area is 122 Å². The van der Waals surface area contributed by atoms with Gasteiger partial charge in [-0.2, -0.15) is 0 Å². The first-order chi connectivity index (χ1) is 9.58. The predicted octanol–water partition coefficient (Wildman–Crippen LogP) is 4.22. The van der Waals surface area contributed by atoms with E-state index in [4.69, 9.17) is 4.74 Å². The van der Waals surface area contributed by atoms with Crippen LogP contribution in [0.2, 0.25) is 0 Å². The first-order valence-corrected chi connectivity index (χ1v) is 7.18. The van der Waals surface area contributed by atoms with Crippen LogP contribution in [-0.4, -0.2) is 19.3 Å². The Balaban J connectivity index is 2.72. The van der Waals surface area contributed by atoms with Gasteiger partial charge >= 0.3 is 5.97 Å². The number of nitrogens with zero attached hydrogens (tertiary/aromatic N) is 1. The van der Waals surface area contributed by atoms with Gasteiger partial charge in [-0.1, -0.05) is 11.6 Å². The highest BCUT2D eigenvalue weighted by atomic mass is 16.5. The standard InChI is InChI=1S/C17H25NO2/c1-5-6-9-14-11-15(17(19)20-4)16(18-12-14)10-7-8-13(2)3/h5,12,14H,1-2,6-11H2,3-4H3. The Bertz CT molecular complexity index is 432. The zero-order valence-corrected chi connectivity index (χ0v) is 12.7. The van der Waals surface area contributed by atoms with E-state index < -0.39 is 0 Å². The summed E-state index contributed by atoms with van der Waals surface area (Å²) in [6, 6.07) is 0. The van der Waals surface area contributed by atoms with Crippen LogP contribution in [0.25, 0.3) is 0 Å². The van der Waals surface area contributed by atoms with Crippen molar-refractivity contribution in [2.75, 3.05) is 7.11 Å². The maximum absolute atomic E-state index is 11.9. The van der Waals surface area contributed by atoms with Crippen molar-refractivity contribution in [1.82, 2.24) is 0 Å². The molecule has 110 valence electrons. The first kappa shape index (κ1) is 16.4. The van der Waals surface area contributed by atoms with E-state index in [1.165, 1.54) is 7.11 Å². The summed E-state index contributed by atoms with van der Waals surface area (Å²) in [5, 5.41) is 0. The molecule has 1 heterocycles. The average Bonchev–Trinajstić information content (AvgIpc) is 2.44. The fourth-order valence-electron chi connectivity index (χ4n) is 2.31. The normalized spacial score (nSPS) is 18.0. The van der Waals surface area contributed by atoms with Crippen LogP contribution in [0.4, 0.5) is 0 Å². The van der Waals surface area contributed by atoms with Gasteiger partial charge in [0.05, 0.1) is 18.4 Å². The molecule has 0 radical (unpaired) electrons. The van der Waals surface area contributed by atoms with E-state index in [0.29, 0.717) is 5.92 Å². The topological polar surface area (TPSA) is 38.7 Å². The van der Waals surface area contributed by atoms with Gasteiger partial charge in [-0.15, -0.1) is 13.2 Å². The monoisotopic (exact) mass is 275 g/mol. The van der Waals surface area contributed by atoms with Crippen molar-refractivity contribution >= 4 is 12.2 Å². The highest BCUT2D eigenvalue weighted by Crippen LogP contribution is 2.28. The van der Waals surface area contributed by atoms with E-state index in [0.717, 1.165) is 55.4 Å².